The Bertz CT molecular complexity index is 661. The van der Waals surface area contributed by atoms with E-state index in [2.05, 4.69) is 15.0 Å². The standard InChI is InChI=1S/C14H17FN4O2.CO2/c1-2-10-9-20-14(18-10)19-7-4-12(11(15)8-19)21-13-16-5-3-6-17-13;2-1-3/h3,5-6,9,11-12H,2,4,7-8H2,1H3;/t11-,12+;/m0./s1. The second kappa shape index (κ2) is 8.73. The number of carbonyl (C=O) groups excluding carboxylic acids is 2. The summed E-state index contributed by atoms with van der Waals surface area (Å²) < 4.78 is 25.1. The SMILES string of the molecule is CCc1coc(N2CC[C@@H](Oc3ncccn3)[C@@H](F)C2)n1.O=C=O. The maximum atomic E-state index is 14.3. The van der Waals surface area contributed by atoms with Crippen molar-refractivity contribution in [1.29, 1.82) is 0 Å². The minimum absolute atomic E-state index is 0.196. The number of oxazole rings is 1. The zero-order valence-electron chi connectivity index (χ0n) is 13.1. The number of halogens is 1. The second-order valence-electron chi connectivity index (χ2n) is 5.00. The van der Waals surface area contributed by atoms with Gasteiger partial charge in [0, 0.05) is 25.4 Å². The van der Waals surface area contributed by atoms with Gasteiger partial charge in [-0.2, -0.15) is 14.6 Å². The third kappa shape index (κ3) is 4.60. The summed E-state index contributed by atoms with van der Waals surface area (Å²) >= 11 is 0. The van der Waals surface area contributed by atoms with E-state index in [0.717, 1.165) is 12.1 Å². The van der Waals surface area contributed by atoms with Gasteiger partial charge in [0.15, 0.2) is 6.17 Å². The zero-order chi connectivity index (χ0) is 17.4. The van der Waals surface area contributed by atoms with Crippen LogP contribution in [0.3, 0.4) is 0 Å². The molecule has 1 fully saturated rings. The molecule has 0 N–H and O–H groups in total. The molecule has 0 bridgehead atoms. The van der Waals surface area contributed by atoms with Gasteiger partial charge in [0.05, 0.1) is 12.2 Å². The van der Waals surface area contributed by atoms with E-state index in [9.17, 15) is 4.39 Å². The minimum Gasteiger partial charge on any atom is -0.457 e. The smallest absolute Gasteiger partial charge is 0.373 e. The lowest BCUT2D eigenvalue weighted by molar-refractivity contribution is -0.191. The van der Waals surface area contributed by atoms with Crippen LogP contribution in [-0.2, 0) is 16.0 Å². The van der Waals surface area contributed by atoms with Crippen LogP contribution in [0.5, 0.6) is 6.01 Å². The van der Waals surface area contributed by atoms with Gasteiger partial charge < -0.3 is 14.1 Å². The molecule has 0 amide bonds. The molecule has 2 atom stereocenters. The topological polar surface area (TPSA) is 98.4 Å². The van der Waals surface area contributed by atoms with Crippen molar-refractivity contribution in [3.63, 3.8) is 0 Å². The number of ether oxygens (including phenoxy) is 1. The zero-order valence-corrected chi connectivity index (χ0v) is 13.1. The number of nitrogens with zero attached hydrogens (tertiary/aromatic N) is 4. The molecule has 24 heavy (non-hydrogen) atoms. The molecule has 8 nitrogen and oxygen atoms in total. The number of alkyl halides is 1. The maximum Gasteiger partial charge on any atom is 0.373 e. The van der Waals surface area contributed by atoms with Crippen LogP contribution in [0.2, 0.25) is 0 Å². The Labute approximate surface area is 137 Å². The molecule has 0 saturated carbocycles. The summed E-state index contributed by atoms with van der Waals surface area (Å²) in [6.45, 7) is 2.82. The highest BCUT2D eigenvalue weighted by Gasteiger charge is 2.33. The Hall–Kier alpha value is -2.80. The van der Waals surface area contributed by atoms with Crippen LogP contribution in [0.4, 0.5) is 10.4 Å². The van der Waals surface area contributed by atoms with Crippen molar-refractivity contribution >= 4 is 12.2 Å². The lowest BCUT2D eigenvalue weighted by atomic mass is 10.1. The number of aryl methyl sites for hydroxylation is 1. The van der Waals surface area contributed by atoms with Crippen LogP contribution in [0, 0.1) is 0 Å². The van der Waals surface area contributed by atoms with Gasteiger partial charge in [0.25, 0.3) is 6.01 Å². The quantitative estimate of drug-likeness (QED) is 0.827. The summed E-state index contributed by atoms with van der Waals surface area (Å²) in [7, 11) is 0. The van der Waals surface area contributed by atoms with Crippen LogP contribution in [-0.4, -0.2) is 46.5 Å². The van der Waals surface area contributed by atoms with Gasteiger partial charge in [-0.15, -0.1) is 0 Å². The normalized spacial score (nSPS) is 19.8. The largest absolute Gasteiger partial charge is 0.457 e. The van der Waals surface area contributed by atoms with Crippen LogP contribution >= 0.6 is 0 Å². The van der Waals surface area contributed by atoms with Crippen LogP contribution in [0.1, 0.15) is 19.0 Å². The van der Waals surface area contributed by atoms with Gasteiger partial charge >= 0.3 is 12.2 Å². The van der Waals surface area contributed by atoms with Gasteiger partial charge in [0.1, 0.15) is 12.4 Å². The first kappa shape index (κ1) is 17.6. The highest BCUT2D eigenvalue weighted by atomic mass is 19.1. The fraction of sp³-hybridized carbons (Fsp3) is 0.467. The molecule has 1 aliphatic rings. The van der Waals surface area contributed by atoms with Gasteiger partial charge in [-0.1, -0.05) is 6.92 Å². The van der Waals surface area contributed by atoms with E-state index in [1.165, 1.54) is 0 Å². The molecule has 1 saturated heterocycles. The van der Waals surface area contributed by atoms with Crippen LogP contribution in [0.25, 0.3) is 0 Å². The molecule has 3 rings (SSSR count). The van der Waals surface area contributed by atoms with E-state index in [4.69, 9.17) is 18.7 Å². The van der Waals surface area contributed by atoms with E-state index in [0.29, 0.717) is 19.0 Å². The first-order valence-corrected chi connectivity index (χ1v) is 7.44. The Morgan fingerprint density at radius 1 is 1.42 bits per heavy atom. The lowest BCUT2D eigenvalue weighted by Gasteiger charge is -2.33. The fourth-order valence-electron chi connectivity index (χ4n) is 2.28. The van der Waals surface area contributed by atoms with Crippen molar-refractivity contribution < 1.29 is 23.1 Å². The first-order valence-electron chi connectivity index (χ1n) is 7.44. The molecule has 3 heterocycles. The van der Waals surface area contributed by atoms with Crippen molar-refractivity contribution in [1.82, 2.24) is 15.0 Å². The molecule has 0 aliphatic carbocycles. The molecule has 128 valence electrons. The van der Waals surface area contributed by atoms with Gasteiger partial charge in [0.2, 0.25) is 0 Å². The second-order valence-corrected chi connectivity index (χ2v) is 5.00. The highest BCUT2D eigenvalue weighted by Crippen LogP contribution is 2.23. The molecular formula is C15H17FN4O4. The van der Waals surface area contributed by atoms with Crippen molar-refractivity contribution in [2.75, 3.05) is 18.0 Å². The molecule has 0 aromatic carbocycles. The van der Waals surface area contributed by atoms with E-state index in [-0.39, 0.29) is 18.7 Å². The van der Waals surface area contributed by atoms with Crippen molar-refractivity contribution in [3.05, 3.63) is 30.4 Å². The van der Waals surface area contributed by atoms with Crippen molar-refractivity contribution in [2.24, 2.45) is 0 Å². The molecular weight excluding hydrogens is 319 g/mol. The third-order valence-corrected chi connectivity index (χ3v) is 3.45. The molecule has 0 unspecified atom stereocenters. The Kier molecular flexibility index (Phi) is 6.39. The average Bonchev–Trinajstić information content (AvgIpc) is 3.07. The number of hydrogen-bond donors (Lipinski definition) is 0. The van der Waals surface area contributed by atoms with E-state index in [1.54, 1.807) is 29.6 Å². The fourth-order valence-corrected chi connectivity index (χ4v) is 2.28. The molecule has 2 aromatic rings. The monoisotopic (exact) mass is 336 g/mol. The average molecular weight is 336 g/mol. The van der Waals surface area contributed by atoms with Gasteiger partial charge in [-0.25, -0.2) is 14.4 Å². The summed E-state index contributed by atoms with van der Waals surface area (Å²) in [5.41, 5.74) is 0.872. The predicted molar refractivity (Wildman–Crippen MR) is 79.1 cm³/mol. The summed E-state index contributed by atoms with van der Waals surface area (Å²) in [6.07, 6.45) is 4.66. The third-order valence-electron chi connectivity index (χ3n) is 3.45. The molecule has 1 aliphatic heterocycles. The van der Waals surface area contributed by atoms with E-state index >= 15 is 0 Å². The van der Waals surface area contributed by atoms with Gasteiger partial charge in [-0.3, -0.25) is 0 Å². The molecule has 0 radical (unpaired) electrons. The number of aromatic nitrogens is 3. The first-order chi connectivity index (χ1) is 11.7. The summed E-state index contributed by atoms with van der Waals surface area (Å²) in [5, 5.41) is 0. The lowest BCUT2D eigenvalue weighted by Crippen LogP contribution is -2.47. The van der Waals surface area contributed by atoms with Crippen LogP contribution in [0.15, 0.2) is 29.1 Å². The highest BCUT2D eigenvalue weighted by molar-refractivity contribution is 5.28. The van der Waals surface area contributed by atoms with Crippen molar-refractivity contribution in [2.45, 2.75) is 32.0 Å². The Morgan fingerprint density at radius 3 is 2.71 bits per heavy atom. The van der Waals surface area contributed by atoms with Crippen LogP contribution < -0.4 is 9.64 Å². The minimum atomic E-state index is -1.14. The molecule has 0 spiro atoms. The summed E-state index contributed by atoms with van der Waals surface area (Å²) in [5.74, 6) is 0. The predicted octanol–water partition coefficient (Wildman–Crippen LogP) is 1.44. The number of anilines is 1. The number of rotatable bonds is 4. The molecule has 2 aromatic heterocycles. The summed E-state index contributed by atoms with van der Waals surface area (Å²) in [4.78, 5) is 30.3. The van der Waals surface area contributed by atoms with Gasteiger partial charge in [-0.05, 0) is 12.5 Å². The van der Waals surface area contributed by atoms with E-state index in [1.807, 2.05) is 6.92 Å². The van der Waals surface area contributed by atoms with E-state index < -0.39 is 12.3 Å². The summed E-state index contributed by atoms with van der Waals surface area (Å²) in [6, 6.07) is 2.38. The number of piperidine rings is 1. The molecule has 9 heteroatoms. The number of hydrogen-bond acceptors (Lipinski definition) is 8. The maximum absolute atomic E-state index is 14.3. The Balaban J connectivity index is 0.000000647. The van der Waals surface area contributed by atoms with Crippen molar-refractivity contribution in [3.8, 4) is 6.01 Å². The Morgan fingerprint density at radius 2 is 2.12 bits per heavy atom.